The maximum atomic E-state index is 13.0. The Morgan fingerprint density at radius 1 is 1.13 bits per heavy atom. The van der Waals surface area contributed by atoms with E-state index >= 15 is 0 Å². The summed E-state index contributed by atoms with van der Waals surface area (Å²) in [4.78, 5) is 26.9. The molecule has 0 aromatic heterocycles. The third kappa shape index (κ3) is 6.83. The van der Waals surface area contributed by atoms with Gasteiger partial charge in [-0.3, -0.25) is 4.79 Å². The SMILES string of the molecule is CC(C)(C)OC(=O)N1C(=O)CC[C@H](O[Si](C)(C)C(C)(C)C)[C@H]1C#Cc1ccc(Cl)cc1. The van der Waals surface area contributed by atoms with E-state index in [0.29, 0.717) is 11.4 Å². The standard InChI is InChI=1S/C24H34ClNO4Si/c1-23(2,3)29-22(28)26-19(14-11-17-9-12-18(25)13-10-17)20(15-16-21(26)27)30-31(7,8)24(4,5)6/h9-10,12-13,19-20H,15-16H2,1-8H3/t19-,20+/m1/s1. The molecule has 2 atom stereocenters. The Labute approximate surface area is 192 Å². The van der Waals surface area contributed by atoms with E-state index in [-0.39, 0.29) is 23.5 Å². The average Bonchev–Trinajstić information content (AvgIpc) is 2.60. The maximum absolute atomic E-state index is 13.0. The van der Waals surface area contributed by atoms with Crippen molar-refractivity contribution >= 4 is 31.9 Å². The van der Waals surface area contributed by atoms with Gasteiger partial charge in [0, 0.05) is 17.0 Å². The lowest BCUT2D eigenvalue weighted by Gasteiger charge is -2.44. The molecule has 1 aromatic rings. The number of rotatable bonds is 2. The number of hydrogen-bond acceptors (Lipinski definition) is 4. The smallest absolute Gasteiger partial charge is 0.418 e. The van der Waals surface area contributed by atoms with E-state index < -0.39 is 26.1 Å². The molecule has 0 aliphatic carbocycles. The highest BCUT2D eigenvalue weighted by atomic mass is 35.5. The fourth-order valence-corrected chi connectivity index (χ4v) is 4.40. The molecule has 1 aliphatic rings. The number of benzene rings is 1. The summed E-state index contributed by atoms with van der Waals surface area (Å²) in [5.74, 6) is 5.93. The van der Waals surface area contributed by atoms with Gasteiger partial charge in [-0.25, -0.2) is 9.69 Å². The van der Waals surface area contributed by atoms with Crippen molar-refractivity contribution in [3.05, 3.63) is 34.9 Å². The lowest BCUT2D eigenvalue weighted by Crippen LogP contribution is -2.58. The van der Waals surface area contributed by atoms with E-state index in [9.17, 15) is 9.59 Å². The average molecular weight is 464 g/mol. The van der Waals surface area contributed by atoms with Gasteiger partial charge < -0.3 is 9.16 Å². The Morgan fingerprint density at radius 2 is 1.71 bits per heavy atom. The van der Waals surface area contributed by atoms with Gasteiger partial charge in [0.1, 0.15) is 11.6 Å². The van der Waals surface area contributed by atoms with Crippen molar-refractivity contribution in [2.45, 2.75) is 90.3 Å². The number of amides is 2. The van der Waals surface area contributed by atoms with E-state index in [2.05, 4.69) is 45.7 Å². The number of piperidine rings is 1. The molecule has 1 fully saturated rings. The van der Waals surface area contributed by atoms with Crippen molar-refractivity contribution < 1.29 is 18.8 Å². The second kappa shape index (κ2) is 9.36. The molecule has 0 spiro atoms. The summed E-state index contributed by atoms with van der Waals surface area (Å²) in [5, 5.41) is 0.604. The Morgan fingerprint density at radius 3 is 2.23 bits per heavy atom. The summed E-state index contributed by atoms with van der Waals surface area (Å²) < 4.78 is 12.2. The molecular formula is C24H34ClNO4Si. The molecular weight excluding hydrogens is 430 g/mol. The van der Waals surface area contributed by atoms with Gasteiger partial charge in [0.2, 0.25) is 5.91 Å². The molecule has 5 nitrogen and oxygen atoms in total. The first-order valence-corrected chi connectivity index (χ1v) is 13.9. The van der Waals surface area contributed by atoms with Crippen molar-refractivity contribution in [1.29, 1.82) is 0 Å². The monoisotopic (exact) mass is 463 g/mol. The summed E-state index contributed by atoms with van der Waals surface area (Å²) in [6.45, 7) is 16.1. The molecule has 0 N–H and O–H groups in total. The van der Waals surface area contributed by atoms with Crippen LogP contribution in [0.15, 0.2) is 24.3 Å². The number of likely N-dealkylation sites (tertiary alicyclic amines) is 1. The van der Waals surface area contributed by atoms with Crippen LogP contribution in [-0.4, -0.2) is 43.0 Å². The Bertz CT molecular complexity index is 872. The Hall–Kier alpha value is -1.81. The molecule has 0 unspecified atom stereocenters. The molecule has 1 saturated heterocycles. The second-order valence-electron chi connectivity index (χ2n) is 10.4. The van der Waals surface area contributed by atoms with Crippen molar-refractivity contribution in [1.82, 2.24) is 4.90 Å². The number of carbonyl (C=O) groups excluding carboxylic acids is 2. The van der Waals surface area contributed by atoms with Gasteiger partial charge in [0.25, 0.3) is 0 Å². The Balaban J connectivity index is 2.45. The van der Waals surface area contributed by atoms with Gasteiger partial charge in [-0.15, -0.1) is 0 Å². The zero-order chi connectivity index (χ0) is 23.6. The number of nitrogens with zero attached hydrogens (tertiary/aromatic N) is 1. The number of ether oxygens (including phenoxy) is 1. The highest BCUT2D eigenvalue weighted by Gasteiger charge is 2.46. The molecule has 7 heteroatoms. The van der Waals surface area contributed by atoms with Crippen LogP contribution in [-0.2, 0) is 14.0 Å². The van der Waals surface area contributed by atoms with Crippen LogP contribution < -0.4 is 0 Å². The first-order valence-electron chi connectivity index (χ1n) is 10.6. The van der Waals surface area contributed by atoms with Crippen LogP contribution >= 0.6 is 11.6 Å². The number of imide groups is 1. The summed E-state index contributed by atoms with van der Waals surface area (Å²) in [6, 6.07) is 6.41. The first-order chi connectivity index (χ1) is 14.1. The summed E-state index contributed by atoms with van der Waals surface area (Å²) >= 11 is 5.97. The van der Waals surface area contributed by atoms with Crippen molar-refractivity contribution in [2.75, 3.05) is 0 Å². The van der Waals surface area contributed by atoms with E-state index in [1.807, 2.05) is 12.1 Å². The topological polar surface area (TPSA) is 55.8 Å². The fourth-order valence-electron chi connectivity index (χ4n) is 2.92. The number of carbonyl (C=O) groups is 2. The molecule has 31 heavy (non-hydrogen) atoms. The fraction of sp³-hybridized carbons (Fsp3) is 0.583. The summed E-state index contributed by atoms with van der Waals surface area (Å²) in [5.41, 5.74) is 0.0244. The minimum atomic E-state index is -2.16. The largest absolute Gasteiger partial charge is 0.443 e. The number of hydrogen-bond donors (Lipinski definition) is 0. The predicted octanol–water partition coefficient (Wildman–Crippen LogP) is 6.01. The molecule has 0 bridgehead atoms. The van der Waals surface area contributed by atoms with Crippen LogP contribution in [0.5, 0.6) is 0 Å². The maximum Gasteiger partial charge on any atom is 0.418 e. The molecule has 1 aliphatic heterocycles. The van der Waals surface area contributed by atoms with E-state index in [4.69, 9.17) is 20.8 Å². The molecule has 0 saturated carbocycles. The van der Waals surface area contributed by atoms with Crippen molar-refractivity contribution in [2.24, 2.45) is 0 Å². The third-order valence-corrected chi connectivity index (χ3v) is 10.3. The van der Waals surface area contributed by atoms with Crippen LogP contribution in [0, 0.1) is 11.8 Å². The van der Waals surface area contributed by atoms with E-state index in [1.54, 1.807) is 32.9 Å². The van der Waals surface area contributed by atoms with Crippen LogP contribution in [0.2, 0.25) is 23.2 Å². The summed E-state index contributed by atoms with van der Waals surface area (Å²) in [6.07, 6.45) is -0.315. The van der Waals surface area contributed by atoms with Crippen LogP contribution in [0.3, 0.4) is 0 Å². The molecule has 2 amide bonds. The zero-order valence-corrected chi connectivity index (χ0v) is 21.6. The Kier molecular flexibility index (Phi) is 7.68. The van der Waals surface area contributed by atoms with Gasteiger partial charge in [-0.1, -0.05) is 44.2 Å². The van der Waals surface area contributed by atoms with Gasteiger partial charge in [-0.05, 0) is 69.6 Å². The molecule has 1 heterocycles. The number of halogens is 1. The quantitative estimate of drug-likeness (QED) is 0.398. The van der Waals surface area contributed by atoms with E-state index in [1.165, 1.54) is 0 Å². The second-order valence-corrected chi connectivity index (χ2v) is 15.6. The lowest BCUT2D eigenvalue weighted by molar-refractivity contribution is -0.137. The van der Waals surface area contributed by atoms with Crippen LogP contribution in [0.1, 0.15) is 59.9 Å². The van der Waals surface area contributed by atoms with Crippen molar-refractivity contribution in [3.8, 4) is 11.8 Å². The molecule has 2 rings (SSSR count). The van der Waals surface area contributed by atoms with Gasteiger partial charge in [-0.2, -0.15) is 0 Å². The van der Waals surface area contributed by atoms with Crippen LogP contribution in [0.25, 0.3) is 0 Å². The molecule has 0 radical (unpaired) electrons. The summed E-state index contributed by atoms with van der Waals surface area (Å²) in [7, 11) is -2.16. The molecule has 170 valence electrons. The highest BCUT2D eigenvalue weighted by Crippen LogP contribution is 2.39. The zero-order valence-electron chi connectivity index (χ0n) is 19.8. The minimum absolute atomic E-state index is 0.0145. The normalized spacial score (nSPS) is 20.2. The van der Waals surface area contributed by atoms with Gasteiger partial charge in [0.15, 0.2) is 8.32 Å². The van der Waals surface area contributed by atoms with Gasteiger partial charge >= 0.3 is 6.09 Å². The highest BCUT2D eigenvalue weighted by molar-refractivity contribution is 6.74. The van der Waals surface area contributed by atoms with E-state index in [0.717, 1.165) is 10.5 Å². The third-order valence-electron chi connectivity index (χ3n) is 5.59. The van der Waals surface area contributed by atoms with Gasteiger partial charge in [0.05, 0.1) is 6.10 Å². The lowest BCUT2D eigenvalue weighted by atomic mass is 9.98. The molecule has 1 aromatic carbocycles. The first kappa shape index (κ1) is 25.4. The van der Waals surface area contributed by atoms with Crippen LogP contribution in [0.4, 0.5) is 4.79 Å². The minimum Gasteiger partial charge on any atom is -0.443 e. The predicted molar refractivity (Wildman–Crippen MR) is 127 cm³/mol. The van der Waals surface area contributed by atoms with Crippen molar-refractivity contribution in [3.63, 3.8) is 0 Å².